The molecule has 1 aliphatic rings. The summed E-state index contributed by atoms with van der Waals surface area (Å²) in [5.74, 6) is 0. The predicted molar refractivity (Wildman–Crippen MR) is 51.5 cm³/mol. The zero-order valence-electron chi connectivity index (χ0n) is 6.41. The molecule has 2 heteroatoms. The lowest BCUT2D eigenvalue weighted by Gasteiger charge is -2.12. The monoisotopic (exact) mass is 165 g/mol. The number of thiol groups is 1. The molecule has 1 unspecified atom stereocenters. The smallest absolute Gasteiger partial charge is 0.0537 e. The van der Waals surface area contributed by atoms with Gasteiger partial charge in [0.1, 0.15) is 0 Å². The first-order valence-corrected chi connectivity index (χ1v) is 3.86. The summed E-state index contributed by atoms with van der Waals surface area (Å²) in [6.07, 6.45) is 9.25. The molecule has 0 saturated carbocycles. The summed E-state index contributed by atoms with van der Waals surface area (Å²) >= 11 is 4.37. The molecule has 1 aliphatic carbocycles. The van der Waals surface area contributed by atoms with Crippen molar-refractivity contribution in [3.05, 3.63) is 41.8 Å². The molecule has 0 heterocycles. The molecule has 0 spiro atoms. The fourth-order valence-electron chi connectivity index (χ4n) is 0.730. The van der Waals surface area contributed by atoms with Crippen molar-refractivity contribution in [2.24, 2.45) is 5.73 Å². The molecule has 2 N–H and O–H groups in total. The summed E-state index contributed by atoms with van der Waals surface area (Å²) in [5.41, 5.74) is 9.28. The second-order valence-electron chi connectivity index (χ2n) is 2.70. The molecule has 0 aliphatic heterocycles. The minimum atomic E-state index is -0.241. The maximum Gasteiger partial charge on any atom is 0.0537 e. The van der Waals surface area contributed by atoms with E-state index in [4.69, 9.17) is 5.73 Å². The molecule has 0 aromatic heterocycles. The highest BCUT2D eigenvalue weighted by Gasteiger charge is 2.09. The number of hydrogen-bond acceptors (Lipinski definition) is 2. The Kier molecular flexibility index (Phi) is 2.28. The van der Waals surface area contributed by atoms with Gasteiger partial charge in [-0.05, 0) is 31.2 Å². The molecule has 58 valence electrons. The third-order valence-electron chi connectivity index (χ3n) is 1.36. The zero-order chi connectivity index (χ0) is 8.32. The van der Waals surface area contributed by atoms with Crippen LogP contribution in [0, 0.1) is 0 Å². The SMILES string of the molecule is CC1(S)C=C=C/C=C(N)\C=C/1. The van der Waals surface area contributed by atoms with Crippen molar-refractivity contribution in [1.29, 1.82) is 0 Å². The van der Waals surface area contributed by atoms with Gasteiger partial charge in [-0.15, -0.1) is 5.73 Å². The Morgan fingerprint density at radius 1 is 1.64 bits per heavy atom. The Labute approximate surface area is 72.4 Å². The molecule has 0 saturated heterocycles. The van der Waals surface area contributed by atoms with Crippen molar-refractivity contribution >= 4 is 12.6 Å². The van der Waals surface area contributed by atoms with E-state index >= 15 is 0 Å². The van der Waals surface area contributed by atoms with Gasteiger partial charge in [0.2, 0.25) is 0 Å². The zero-order valence-corrected chi connectivity index (χ0v) is 7.31. The Balaban J connectivity index is 3.00. The summed E-state index contributed by atoms with van der Waals surface area (Å²) in [6, 6.07) is 0. The van der Waals surface area contributed by atoms with Crippen molar-refractivity contribution in [3.63, 3.8) is 0 Å². The molecular weight excluding hydrogens is 154 g/mol. The molecular formula is C9H11NS. The van der Waals surface area contributed by atoms with Crippen molar-refractivity contribution in [2.45, 2.75) is 11.7 Å². The van der Waals surface area contributed by atoms with Crippen LogP contribution in [0.15, 0.2) is 41.8 Å². The van der Waals surface area contributed by atoms with E-state index in [0.717, 1.165) is 5.70 Å². The number of rotatable bonds is 0. The third kappa shape index (κ3) is 2.71. The summed E-state index contributed by atoms with van der Waals surface area (Å²) in [7, 11) is 0. The van der Waals surface area contributed by atoms with Gasteiger partial charge in [0.05, 0.1) is 4.75 Å². The Morgan fingerprint density at radius 3 is 3.09 bits per heavy atom. The molecule has 0 aromatic rings. The molecule has 0 bridgehead atoms. The molecule has 11 heavy (non-hydrogen) atoms. The normalized spacial score (nSPS) is 37.1. The predicted octanol–water partition coefficient (Wildman–Crippen LogP) is 1.80. The van der Waals surface area contributed by atoms with Gasteiger partial charge in [-0.25, -0.2) is 0 Å². The van der Waals surface area contributed by atoms with Crippen LogP contribution in [-0.4, -0.2) is 4.75 Å². The van der Waals surface area contributed by atoms with Crippen molar-refractivity contribution in [1.82, 2.24) is 0 Å². The van der Waals surface area contributed by atoms with Crippen LogP contribution in [0.3, 0.4) is 0 Å². The number of hydrogen-bond donors (Lipinski definition) is 2. The fraction of sp³-hybridized carbons (Fsp3) is 0.222. The Hall–Kier alpha value is -0.850. The Morgan fingerprint density at radius 2 is 2.36 bits per heavy atom. The highest BCUT2D eigenvalue weighted by molar-refractivity contribution is 7.82. The fourth-order valence-corrected chi connectivity index (χ4v) is 0.879. The molecule has 0 radical (unpaired) electrons. The van der Waals surface area contributed by atoms with E-state index in [9.17, 15) is 0 Å². The van der Waals surface area contributed by atoms with Crippen molar-refractivity contribution < 1.29 is 0 Å². The van der Waals surface area contributed by atoms with Crippen LogP contribution in [0.4, 0.5) is 0 Å². The first-order chi connectivity index (χ1) is 5.10. The average Bonchev–Trinajstić information content (AvgIpc) is 1.92. The molecule has 1 nitrogen and oxygen atoms in total. The molecule has 0 aromatic carbocycles. The van der Waals surface area contributed by atoms with E-state index < -0.39 is 0 Å². The largest absolute Gasteiger partial charge is 0.399 e. The first-order valence-electron chi connectivity index (χ1n) is 3.41. The van der Waals surface area contributed by atoms with Crippen LogP contribution in [0.2, 0.25) is 0 Å². The number of allylic oxidation sites excluding steroid dienone is 2. The summed E-state index contributed by atoms with van der Waals surface area (Å²) in [4.78, 5) is 0. The highest BCUT2D eigenvalue weighted by atomic mass is 32.1. The van der Waals surface area contributed by atoms with E-state index in [0.29, 0.717) is 0 Å². The second-order valence-corrected chi connectivity index (χ2v) is 3.67. The molecule has 1 rings (SSSR count). The number of nitrogens with two attached hydrogens (primary N) is 1. The van der Waals surface area contributed by atoms with Crippen LogP contribution >= 0.6 is 12.6 Å². The summed E-state index contributed by atoms with van der Waals surface area (Å²) in [5, 5.41) is 0. The van der Waals surface area contributed by atoms with Gasteiger partial charge in [0, 0.05) is 5.70 Å². The standard InChI is InChI=1S/C9H11NS/c1-9(11)6-3-2-4-8(10)5-7-9/h2,4-7,11H,10H2,1H3/b7-5-,8-4+. The summed E-state index contributed by atoms with van der Waals surface area (Å²) < 4.78 is -0.241. The lowest BCUT2D eigenvalue weighted by atomic mass is 10.1. The lowest BCUT2D eigenvalue weighted by molar-refractivity contribution is 1.02. The average molecular weight is 165 g/mol. The first kappa shape index (κ1) is 8.25. The van der Waals surface area contributed by atoms with Gasteiger partial charge in [0.25, 0.3) is 0 Å². The topological polar surface area (TPSA) is 26.0 Å². The minimum absolute atomic E-state index is 0.241. The third-order valence-corrected chi connectivity index (χ3v) is 1.64. The van der Waals surface area contributed by atoms with Gasteiger partial charge in [-0.3, -0.25) is 0 Å². The maximum absolute atomic E-state index is 5.58. The summed E-state index contributed by atoms with van der Waals surface area (Å²) in [6.45, 7) is 1.98. The van der Waals surface area contributed by atoms with Gasteiger partial charge in [-0.2, -0.15) is 12.6 Å². The van der Waals surface area contributed by atoms with Crippen LogP contribution < -0.4 is 5.73 Å². The van der Waals surface area contributed by atoms with Gasteiger partial charge in [0.15, 0.2) is 0 Å². The van der Waals surface area contributed by atoms with E-state index in [2.05, 4.69) is 18.4 Å². The highest BCUT2D eigenvalue weighted by Crippen LogP contribution is 2.17. The van der Waals surface area contributed by atoms with Gasteiger partial charge in [-0.1, -0.05) is 6.08 Å². The molecule has 1 atom stereocenters. The van der Waals surface area contributed by atoms with Gasteiger partial charge < -0.3 is 5.73 Å². The van der Waals surface area contributed by atoms with E-state index in [1.54, 1.807) is 12.2 Å². The van der Waals surface area contributed by atoms with E-state index in [1.165, 1.54) is 0 Å². The molecule has 0 fully saturated rings. The van der Waals surface area contributed by atoms with Crippen molar-refractivity contribution in [2.75, 3.05) is 0 Å². The van der Waals surface area contributed by atoms with Crippen LogP contribution in [0.5, 0.6) is 0 Å². The van der Waals surface area contributed by atoms with Gasteiger partial charge >= 0.3 is 0 Å². The molecule has 0 amide bonds. The quantitative estimate of drug-likeness (QED) is 0.415. The maximum atomic E-state index is 5.58. The second kappa shape index (κ2) is 3.04. The van der Waals surface area contributed by atoms with Crippen molar-refractivity contribution in [3.8, 4) is 0 Å². The van der Waals surface area contributed by atoms with Crippen LogP contribution in [0.1, 0.15) is 6.92 Å². The minimum Gasteiger partial charge on any atom is -0.399 e. The van der Waals surface area contributed by atoms with Crippen LogP contribution in [-0.2, 0) is 0 Å². The van der Waals surface area contributed by atoms with E-state index in [-0.39, 0.29) is 4.75 Å². The Bertz CT molecular complexity index is 265. The van der Waals surface area contributed by atoms with Crippen LogP contribution in [0.25, 0.3) is 0 Å². The lowest BCUT2D eigenvalue weighted by Crippen LogP contribution is -2.08. The van der Waals surface area contributed by atoms with E-state index in [1.807, 2.05) is 25.2 Å².